The molecule has 0 saturated heterocycles. The first kappa shape index (κ1) is 15.8. The Hall–Kier alpha value is -2.61. The monoisotopic (exact) mass is 295 g/mol. The minimum absolute atomic E-state index is 0.184. The van der Waals surface area contributed by atoms with E-state index in [0.29, 0.717) is 23.1 Å². The predicted molar refractivity (Wildman–Crippen MR) is 88.5 cm³/mol. The number of rotatable bonds is 3. The maximum Gasteiger partial charge on any atom is 0.200 e. The van der Waals surface area contributed by atoms with Crippen LogP contribution in [0.4, 0.5) is 0 Å². The van der Waals surface area contributed by atoms with Crippen molar-refractivity contribution in [2.24, 2.45) is 10.9 Å². The number of aromatic nitrogens is 1. The zero-order chi connectivity index (χ0) is 16.1. The second kappa shape index (κ2) is 6.90. The van der Waals surface area contributed by atoms with E-state index in [2.05, 4.69) is 47.5 Å². The van der Waals surface area contributed by atoms with E-state index in [0.717, 1.165) is 11.3 Å². The summed E-state index contributed by atoms with van der Waals surface area (Å²) in [6.07, 6.45) is 3.54. The lowest BCUT2D eigenvalue weighted by Gasteiger charge is -2.22. The molecule has 1 aliphatic heterocycles. The molecule has 5 heteroatoms. The fourth-order valence-corrected chi connectivity index (χ4v) is 1.94. The van der Waals surface area contributed by atoms with Gasteiger partial charge in [-0.05, 0) is 37.5 Å². The molecule has 0 amide bonds. The fraction of sp³-hybridized carbons (Fsp3) is 0.353. The number of nitriles is 1. The van der Waals surface area contributed by atoms with E-state index < -0.39 is 0 Å². The maximum absolute atomic E-state index is 9.53. The van der Waals surface area contributed by atoms with Gasteiger partial charge in [0.25, 0.3) is 0 Å². The molecule has 0 radical (unpaired) electrons. The molecule has 0 saturated carbocycles. The molecular formula is C17H21N5. The van der Waals surface area contributed by atoms with E-state index in [1.165, 1.54) is 0 Å². The summed E-state index contributed by atoms with van der Waals surface area (Å²) in [6.45, 7) is 8.27. The van der Waals surface area contributed by atoms with Crippen LogP contribution in [0.5, 0.6) is 0 Å². The van der Waals surface area contributed by atoms with E-state index in [1.807, 2.05) is 31.3 Å². The van der Waals surface area contributed by atoms with Crippen molar-refractivity contribution in [3.8, 4) is 6.07 Å². The van der Waals surface area contributed by atoms with Crippen LogP contribution in [0.25, 0.3) is 5.57 Å². The SMILES string of the molecule is CC1=CNC(=NC(C)C(C)C)N/C1=C(\C#N)c1ccccn1. The highest BCUT2D eigenvalue weighted by atomic mass is 15.2. The Labute approximate surface area is 131 Å². The van der Waals surface area contributed by atoms with Gasteiger partial charge in [-0.15, -0.1) is 0 Å². The predicted octanol–water partition coefficient (Wildman–Crippen LogP) is 2.81. The van der Waals surface area contributed by atoms with Crippen molar-refractivity contribution in [2.75, 3.05) is 0 Å². The molecule has 0 bridgehead atoms. The standard InChI is InChI=1S/C17H21N5/c1-11(2)13(4)21-17-20-10-12(3)16(22-17)14(9-18)15-7-5-6-8-19-15/h5-8,10-11,13H,1-4H3,(H2,20,21,22)/b16-14+. The Kier molecular flexibility index (Phi) is 4.95. The summed E-state index contributed by atoms with van der Waals surface area (Å²) in [4.78, 5) is 8.88. The summed E-state index contributed by atoms with van der Waals surface area (Å²) in [5, 5.41) is 15.9. The second-order valence-corrected chi connectivity index (χ2v) is 5.64. The van der Waals surface area contributed by atoms with Gasteiger partial charge < -0.3 is 10.6 Å². The number of nitrogens with one attached hydrogen (secondary N) is 2. The van der Waals surface area contributed by atoms with Gasteiger partial charge in [-0.2, -0.15) is 5.26 Å². The summed E-state index contributed by atoms with van der Waals surface area (Å²) in [7, 11) is 0. The van der Waals surface area contributed by atoms with Gasteiger partial charge in [0.05, 0.1) is 17.4 Å². The summed E-state index contributed by atoms with van der Waals surface area (Å²) >= 11 is 0. The van der Waals surface area contributed by atoms with Crippen LogP contribution in [0, 0.1) is 17.2 Å². The number of allylic oxidation sites excluding steroid dienone is 2. The highest BCUT2D eigenvalue weighted by Gasteiger charge is 2.18. The zero-order valence-corrected chi connectivity index (χ0v) is 13.4. The number of guanidine groups is 1. The molecule has 0 aliphatic carbocycles. The van der Waals surface area contributed by atoms with Gasteiger partial charge in [-0.1, -0.05) is 19.9 Å². The molecule has 2 rings (SSSR count). The summed E-state index contributed by atoms with van der Waals surface area (Å²) in [5.74, 6) is 1.10. The van der Waals surface area contributed by atoms with Crippen LogP contribution < -0.4 is 10.6 Å². The third-order valence-electron chi connectivity index (χ3n) is 3.64. The highest BCUT2D eigenvalue weighted by molar-refractivity contribution is 5.90. The molecule has 2 heterocycles. The maximum atomic E-state index is 9.53. The number of pyridine rings is 1. The number of hydrogen-bond acceptors (Lipinski definition) is 3. The van der Waals surface area contributed by atoms with Gasteiger partial charge in [0, 0.05) is 12.4 Å². The van der Waals surface area contributed by atoms with Crippen molar-refractivity contribution in [3.05, 3.63) is 47.6 Å². The van der Waals surface area contributed by atoms with E-state index in [9.17, 15) is 5.26 Å². The van der Waals surface area contributed by atoms with Crippen LogP contribution in [0.15, 0.2) is 46.9 Å². The summed E-state index contributed by atoms with van der Waals surface area (Å²) in [6, 6.07) is 7.96. The molecule has 2 N–H and O–H groups in total. The lowest BCUT2D eigenvalue weighted by molar-refractivity contribution is 0.528. The Morgan fingerprint density at radius 1 is 1.32 bits per heavy atom. The van der Waals surface area contributed by atoms with Gasteiger partial charge in [0.2, 0.25) is 0 Å². The largest absolute Gasteiger partial charge is 0.332 e. The normalized spacial score (nSPS) is 19.8. The van der Waals surface area contributed by atoms with E-state index in [-0.39, 0.29) is 6.04 Å². The summed E-state index contributed by atoms with van der Waals surface area (Å²) in [5.41, 5.74) is 2.85. The average molecular weight is 295 g/mol. The van der Waals surface area contributed by atoms with Crippen LogP contribution in [0.2, 0.25) is 0 Å². The van der Waals surface area contributed by atoms with E-state index in [4.69, 9.17) is 0 Å². The Morgan fingerprint density at radius 2 is 2.09 bits per heavy atom. The molecule has 1 aromatic heterocycles. The molecule has 5 nitrogen and oxygen atoms in total. The van der Waals surface area contributed by atoms with Gasteiger partial charge >= 0.3 is 0 Å². The third-order valence-corrected chi connectivity index (χ3v) is 3.64. The Bertz CT molecular complexity index is 662. The Morgan fingerprint density at radius 3 is 2.68 bits per heavy atom. The zero-order valence-electron chi connectivity index (χ0n) is 13.4. The lowest BCUT2D eigenvalue weighted by atomic mass is 10.0. The molecule has 22 heavy (non-hydrogen) atoms. The van der Waals surface area contributed by atoms with Crippen molar-refractivity contribution in [1.82, 2.24) is 15.6 Å². The van der Waals surface area contributed by atoms with Crippen molar-refractivity contribution in [1.29, 1.82) is 5.26 Å². The molecule has 114 valence electrons. The van der Waals surface area contributed by atoms with E-state index in [1.54, 1.807) is 6.20 Å². The molecule has 1 aromatic rings. The molecule has 1 atom stereocenters. The van der Waals surface area contributed by atoms with Crippen molar-refractivity contribution in [3.63, 3.8) is 0 Å². The lowest BCUT2D eigenvalue weighted by Crippen LogP contribution is -2.39. The van der Waals surface area contributed by atoms with Crippen molar-refractivity contribution in [2.45, 2.75) is 33.7 Å². The third kappa shape index (κ3) is 3.53. The fourth-order valence-electron chi connectivity index (χ4n) is 1.94. The average Bonchev–Trinajstić information content (AvgIpc) is 2.52. The molecule has 0 aromatic carbocycles. The topological polar surface area (TPSA) is 73.1 Å². The quantitative estimate of drug-likeness (QED) is 0.841. The van der Waals surface area contributed by atoms with Gasteiger partial charge in [0.1, 0.15) is 11.6 Å². The number of nitrogens with zero attached hydrogens (tertiary/aromatic N) is 3. The van der Waals surface area contributed by atoms with Gasteiger partial charge in [0.15, 0.2) is 5.96 Å². The van der Waals surface area contributed by atoms with Crippen molar-refractivity contribution < 1.29 is 0 Å². The molecule has 1 unspecified atom stereocenters. The molecule has 0 fully saturated rings. The van der Waals surface area contributed by atoms with Crippen LogP contribution in [-0.4, -0.2) is 17.0 Å². The van der Waals surface area contributed by atoms with Crippen LogP contribution >= 0.6 is 0 Å². The minimum atomic E-state index is 0.184. The number of hydrogen-bond donors (Lipinski definition) is 2. The van der Waals surface area contributed by atoms with Crippen LogP contribution in [0.1, 0.15) is 33.4 Å². The van der Waals surface area contributed by atoms with Crippen molar-refractivity contribution >= 4 is 11.5 Å². The summed E-state index contributed by atoms with van der Waals surface area (Å²) < 4.78 is 0. The molecule has 0 spiro atoms. The first-order chi connectivity index (χ1) is 10.5. The second-order valence-electron chi connectivity index (χ2n) is 5.64. The van der Waals surface area contributed by atoms with Gasteiger partial charge in [-0.3, -0.25) is 4.98 Å². The minimum Gasteiger partial charge on any atom is -0.332 e. The highest BCUT2D eigenvalue weighted by Crippen LogP contribution is 2.21. The van der Waals surface area contributed by atoms with Crippen LogP contribution in [-0.2, 0) is 0 Å². The first-order valence-corrected chi connectivity index (χ1v) is 7.37. The smallest absolute Gasteiger partial charge is 0.200 e. The molecule has 1 aliphatic rings. The van der Waals surface area contributed by atoms with E-state index >= 15 is 0 Å². The van der Waals surface area contributed by atoms with Crippen LogP contribution in [0.3, 0.4) is 0 Å². The van der Waals surface area contributed by atoms with Gasteiger partial charge in [-0.25, -0.2) is 4.99 Å². The molecular weight excluding hydrogens is 274 g/mol. The first-order valence-electron chi connectivity index (χ1n) is 7.37. The Balaban J connectivity index is 2.41. The number of aliphatic imine (C=N–C) groups is 1.